The smallest absolute Gasteiger partial charge is 0.251 e. The summed E-state index contributed by atoms with van der Waals surface area (Å²) in [4.78, 5) is 14.2. The summed E-state index contributed by atoms with van der Waals surface area (Å²) >= 11 is 4.85. The zero-order valence-electron chi connectivity index (χ0n) is 10.8. The van der Waals surface area contributed by atoms with Crippen molar-refractivity contribution >= 4 is 23.1 Å². The van der Waals surface area contributed by atoms with Gasteiger partial charge in [-0.2, -0.15) is 0 Å². The quantitative estimate of drug-likeness (QED) is 0.595. The highest BCUT2D eigenvalue weighted by molar-refractivity contribution is 7.80. The molecule has 1 amide bonds. The average molecular weight is 265 g/mol. The lowest BCUT2D eigenvalue weighted by Gasteiger charge is -2.10. The fourth-order valence-corrected chi connectivity index (χ4v) is 1.62. The van der Waals surface area contributed by atoms with E-state index in [4.69, 9.17) is 18.0 Å². The lowest BCUT2D eigenvalue weighted by molar-refractivity contribution is 0.0952. The van der Waals surface area contributed by atoms with Crippen LogP contribution < -0.4 is 11.1 Å². The van der Waals surface area contributed by atoms with Gasteiger partial charge in [0.1, 0.15) is 4.99 Å². The third kappa shape index (κ3) is 4.81. The Morgan fingerprint density at radius 2 is 1.83 bits per heavy atom. The lowest BCUT2D eigenvalue weighted by Crippen LogP contribution is -2.27. The van der Waals surface area contributed by atoms with Gasteiger partial charge in [0.15, 0.2) is 0 Å². The van der Waals surface area contributed by atoms with Crippen molar-refractivity contribution in [2.24, 2.45) is 5.73 Å². The van der Waals surface area contributed by atoms with E-state index in [1.165, 1.54) is 0 Å². The average Bonchev–Trinajstić information content (AvgIpc) is 2.34. The number of hydrogen-bond acceptors (Lipinski definition) is 3. The van der Waals surface area contributed by atoms with E-state index >= 15 is 0 Å². The molecular formula is C13H19N3OS. The van der Waals surface area contributed by atoms with E-state index in [0.717, 1.165) is 18.5 Å². The SMILES string of the molecule is CN(C)CCCNC(=O)c1ccc(C(N)=S)cc1. The van der Waals surface area contributed by atoms with Crippen LogP contribution in [0.4, 0.5) is 0 Å². The summed E-state index contributed by atoms with van der Waals surface area (Å²) < 4.78 is 0. The highest BCUT2D eigenvalue weighted by Crippen LogP contribution is 2.04. The normalized spacial score (nSPS) is 10.4. The molecule has 0 aliphatic rings. The Morgan fingerprint density at radius 3 is 2.33 bits per heavy atom. The minimum atomic E-state index is -0.0664. The molecule has 98 valence electrons. The fraction of sp³-hybridized carbons (Fsp3) is 0.385. The molecule has 0 aliphatic carbocycles. The maximum Gasteiger partial charge on any atom is 0.251 e. The molecule has 0 saturated heterocycles. The Hall–Kier alpha value is -1.46. The standard InChI is InChI=1S/C13H19N3OS/c1-16(2)9-3-8-15-13(17)11-6-4-10(5-7-11)12(14)18/h4-7H,3,8-9H2,1-2H3,(H2,14,18)(H,15,17). The summed E-state index contributed by atoms with van der Waals surface area (Å²) in [7, 11) is 4.02. The van der Waals surface area contributed by atoms with Crippen molar-refractivity contribution in [1.29, 1.82) is 0 Å². The van der Waals surface area contributed by atoms with Crippen LogP contribution in [0.25, 0.3) is 0 Å². The molecule has 18 heavy (non-hydrogen) atoms. The van der Waals surface area contributed by atoms with Crippen molar-refractivity contribution in [1.82, 2.24) is 10.2 Å². The molecule has 1 aromatic rings. The summed E-state index contributed by atoms with van der Waals surface area (Å²) in [5, 5.41) is 2.87. The highest BCUT2D eigenvalue weighted by atomic mass is 32.1. The topological polar surface area (TPSA) is 58.4 Å². The Morgan fingerprint density at radius 1 is 1.28 bits per heavy atom. The molecule has 0 atom stereocenters. The Bertz CT molecular complexity index is 415. The maximum absolute atomic E-state index is 11.8. The second kappa shape index (κ2) is 7.08. The van der Waals surface area contributed by atoms with Crippen LogP contribution in [0.2, 0.25) is 0 Å². The third-order valence-corrected chi connectivity index (χ3v) is 2.73. The summed E-state index contributed by atoms with van der Waals surface area (Å²) in [6.07, 6.45) is 0.934. The second-order valence-electron chi connectivity index (χ2n) is 4.35. The van der Waals surface area contributed by atoms with Gasteiger partial charge >= 0.3 is 0 Å². The van der Waals surface area contributed by atoms with E-state index in [1.54, 1.807) is 24.3 Å². The van der Waals surface area contributed by atoms with Gasteiger partial charge < -0.3 is 16.0 Å². The van der Waals surface area contributed by atoms with Crippen LogP contribution in [0.1, 0.15) is 22.3 Å². The first-order chi connectivity index (χ1) is 8.50. The number of carbonyl (C=O) groups excluding carboxylic acids is 1. The molecule has 0 aromatic heterocycles. The first-order valence-corrected chi connectivity index (χ1v) is 6.24. The van der Waals surface area contributed by atoms with Crippen LogP contribution in [-0.2, 0) is 0 Å². The molecule has 1 aromatic carbocycles. The van der Waals surface area contributed by atoms with Gasteiger partial charge in [0.05, 0.1) is 0 Å². The molecule has 0 bridgehead atoms. The van der Waals surface area contributed by atoms with Crippen LogP contribution >= 0.6 is 12.2 Å². The Labute approximate surface area is 113 Å². The fourth-order valence-electron chi connectivity index (χ4n) is 1.49. The van der Waals surface area contributed by atoms with Crippen molar-refractivity contribution in [3.63, 3.8) is 0 Å². The van der Waals surface area contributed by atoms with Crippen molar-refractivity contribution in [3.8, 4) is 0 Å². The number of rotatable bonds is 6. The predicted octanol–water partition coefficient (Wildman–Crippen LogP) is 1.00. The van der Waals surface area contributed by atoms with Gasteiger partial charge in [-0.15, -0.1) is 0 Å². The zero-order valence-corrected chi connectivity index (χ0v) is 11.6. The van der Waals surface area contributed by atoms with E-state index in [1.807, 2.05) is 14.1 Å². The molecule has 5 heteroatoms. The number of nitrogens with zero attached hydrogens (tertiary/aromatic N) is 1. The number of hydrogen-bond donors (Lipinski definition) is 2. The molecule has 0 saturated carbocycles. The van der Waals surface area contributed by atoms with Crippen LogP contribution in [0.5, 0.6) is 0 Å². The van der Waals surface area contributed by atoms with Crippen molar-refractivity contribution < 1.29 is 4.79 Å². The summed E-state index contributed by atoms with van der Waals surface area (Å²) in [6, 6.07) is 6.99. The molecule has 0 unspecified atom stereocenters. The van der Waals surface area contributed by atoms with Gasteiger partial charge in [-0.1, -0.05) is 24.4 Å². The number of benzene rings is 1. The van der Waals surface area contributed by atoms with E-state index in [-0.39, 0.29) is 5.91 Å². The molecule has 0 aliphatic heterocycles. The van der Waals surface area contributed by atoms with Crippen LogP contribution in [0.3, 0.4) is 0 Å². The number of amides is 1. The van der Waals surface area contributed by atoms with Gasteiger partial charge in [0, 0.05) is 17.7 Å². The molecule has 3 N–H and O–H groups in total. The largest absolute Gasteiger partial charge is 0.389 e. The number of carbonyl (C=O) groups is 1. The molecule has 0 fully saturated rings. The predicted molar refractivity (Wildman–Crippen MR) is 77.8 cm³/mol. The summed E-state index contributed by atoms with van der Waals surface area (Å²) in [5.41, 5.74) is 6.89. The third-order valence-electron chi connectivity index (χ3n) is 2.50. The van der Waals surface area contributed by atoms with Gasteiger partial charge in [-0.05, 0) is 39.2 Å². The first-order valence-electron chi connectivity index (χ1n) is 5.83. The second-order valence-corrected chi connectivity index (χ2v) is 4.79. The number of thiocarbonyl (C=S) groups is 1. The minimum Gasteiger partial charge on any atom is -0.389 e. The highest BCUT2D eigenvalue weighted by Gasteiger charge is 2.05. The molecule has 4 nitrogen and oxygen atoms in total. The molecule has 0 radical (unpaired) electrons. The lowest BCUT2D eigenvalue weighted by atomic mass is 10.1. The van der Waals surface area contributed by atoms with Gasteiger partial charge in [-0.25, -0.2) is 0 Å². The van der Waals surface area contributed by atoms with Crippen molar-refractivity contribution in [2.45, 2.75) is 6.42 Å². The van der Waals surface area contributed by atoms with Gasteiger partial charge in [0.25, 0.3) is 5.91 Å². The van der Waals surface area contributed by atoms with E-state index in [0.29, 0.717) is 17.1 Å². The Kier molecular flexibility index (Phi) is 5.74. The van der Waals surface area contributed by atoms with Crippen LogP contribution in [0, 0.1) is 0 Å². The van der Waals surface area contributed by atoms with Crippen LogP contribution in [-0.4, -0.2) is 43.0 Å². The molecule has 0 heterocycles. The van der Waals surface area contributed by atoms with E-state index in [2.05, 4.69) is 10.2 Å². The van der Waals surface area contributed by atoms with Crippen molar-refractivity contribution in [2.75, 3.05) is 27.2 Å². The summed E-state index contributed by atoms with van der Waals surface area (Å²) in [6.45, 7) is 1.63. The molecule has 0 spiro atoms. The van der Waals surface area contributed by atoms with Gasteiger partial charge in [-0.3, -0.25) is 4.79 Å². The summed E-state index contributed by atoms with van der Waals surface area (Å²) in [5.74, 6) is -0.0664. The van der Waals surface area contributed by atoms with Gasteiger partial charge in [0.2, 0.25) is 0 Å². The van der Waals surface area contributed by atoms with Crippen molar-refractivity contribution in [3.05, 3.63) is 35.4 Å². The Balaban J connectivity index is 2.44. The van der Waals surface area contributed by atoms with E-state index < -0.39 is 0 Å². The maximum atomic E-state index is 11.8. The molecule has 1 rings (SSSR count). The number of nitrogens with one attached hydrogen (secondary N) is 1. The van der Waals surface area contributed by atoms with E-state index in [9.17, 15) is 4.79 Å². The molecular weight excluding hydrogens is 246 g/mol. The first kappa shape index (κ1) is 14.6. The van der Waals surface area contributed by atoms with Crippen LogP contribution in [0.15, 0.2) is 24.3 Å². The minimum absolute atomic E-state index is 0.0664. The zero-order chi connectivity index (χ0) is 13.5. The monoisotopic (exact) mass is 265 g/mol. The number of nitrogens with two attached hydrogens (primary N) is 1.